The molecule has 2 aromatic rings. The fourth-order valence-corrected chi connectivity index (χ4v) is 2.38. The van der Waals surface area contributed by atoms with Gasteiger partial charge in [0.05, 0.1) is 0 Å². The smallest absolute Gasteiger partial charge is 0.354 e. The average molecular weight is 281 g/mol. The molecule has 0 bridgehead atoms. The Labute approximate surface area is 113 Å². The standard InChI is InChI=1S/C12H9ClN2O2S/c13-11-5-8(1-3-15-11)7-18-9-2-4-14-10(6-9)12(16)17/h1-6H,7H2,(H,16,17). The number of hydrogen-bond donors (Lipinski definition) is 1. The predicted octanol–water partition coefficient (Wildman–Crippen LogP) is 3.12. The zero-order valence-corrected chi connectivity index (χ0v) is 10.8. The van der Waals surface area contributed by atoms with Gasteiger partial charge in [-0.25, -0.2) is 14.8 Å². The summed E-state index contributed by atoms with van der Waals surface area (Å²) in [6.07, 6.45) is 3.14. The number of nitrogens with zero attached hydrogens (tertiary/aromatic N) is 2. The monoisotopic (exact) mass is 280 g/mol. The van der Waals surface area contributed by atoms with E-state index in [-0.39, 0.29) is 5.69 Å². The van der Waals surface area contributed by atoms with Crippen LogP contribution in [0, 0.1) is 0 Å². The SMILES string of the molecule is O=C(O)c1cc(SCc2ccnc(Cl)c2)ccn1. The Morgan fingerprint density at radius 2 is 2.06 bits per heavy atom. The second kappa shape index (κ2) is 5.84. The molecular formula is C12H9ClN2O2S. The maximum Gasteiger partial charge on any atom is 0.354 e. The highest BCUT2D eigenvalue weighted by atomic mass is 35.5. The highest BCUT2D eigenvalue weighted by Gasteiger charge is 2.05. The largest absolute Gasteiger partial charge is 0.477 e. The third-order valence-electron chi connectivity index (χ3n) is 2.15. The van der Waals surface area contributed by atoms with E-state index < -0.39 is 5.97 Å². The molecule has 0 aromatic carbocycles. The van der Waals surface area contributed by atoms with Crippen molar-refractivity contribution >= 4 is 29.3 Å². The highest BCUT2D eigenvalue weighted by molar-refractivity contribution is 7.98. The van der Waals surface area contributed by atoms with Gasteiger partial charge in [-0.15, -0.1) is 11.8 Å². The molecule has 0 saturated heterocycles. The van der Waals surface area contributed by atoms with E-state index in [2.05, 4.69) is 9.97 Å². The fourth-order valence-electron chi connectivity index (χ4n) is 1.32. The van der Waals surface area contributed by atoms with Crippen LogP contribution < -0.4 is 0 Å². The van der Waals surface area contributed by atoms with Crippen LogP contribution in [0.4, 0.5) is 0 Å². The summed E-state index contributed by atoms with van der Waals surface area (Å²) in [4.78, 5) is 19.3. The lowest BCUT2D eigenvalue weighted by molar-refractivity contribution is 0.0690. The van der Waals surface area contributed by atoms with Crippen LogP contribution >= 0.6 is 23.4 Å². The van der Waals surface area contributed by atoms with Crippen molar-refractivity contribution in [2.45, 2.75) is 10.6 Å². The first kappa shape index (κ1) is 12.9. The van der Waals surface area contributed by atoms with Crippen molar-refractivity contribution < 1.29 is 9.90 Å². The molecule has 2 aromatic heterocycles. The quantitative estimate of drug-likeness (QED) is 0.689. The molecule has 6 heteroatoms. The van der Waals surface area contributed by atoms with Gasteiger partial charge in [-0.2, -0.15) is 0 Å². The maximum absolute atomic E-state index is 10.8. The first-order chi connectivity index (χ1) is 8.65. The van der Waals surface area contributed by atoms with Crippen LogP contribution in [0.1, 0.15) is 16.1 Å². The number of thioether (sulfide) groups is 1. The van der Waals surface area contributed by atoms with Crippen LogP contribution in [-0.2, 0) is 5.75 Å². The summed E-state index contributed by atoms with van der Waals surface area (Å²) in [5.74, 6) is -0.324. The lowest BCUT2D eigenvalue weighted by atomic mass is 10.3. The van der Waals surface area contributed by atoms with Gasteiger partial charge in [-0.3, -0.25) is 0 Å². The Balaban J connectivity index is 2.06. The minimum atomic E-state index is -1.02. The summed E-state index contributed by atoms with van der Waals surface area (Å²) >= 11 is 7.31. The molecule has 18 heavy (non-hydrogen) atoms. The zero-order valence-electron chi connectivity index (χ0n) is 9.21. The molecule has 92 valence electrons. The Morgan fingerprint density at radius 3 is 2.78 bits per heavy atom. The second-order valence-electron chi connectivity index (χ2n) is 3.46. The number of halogens is 1. The van der Waals surface area contributed by atoms with Gasteiger partial charge in [0.25, 0.3) is 0 Å². The van der Waals surface area contributed by atoms with Crippen LogP contribution in [0.5, 0.6) is 0 Å². The number of pyridine rings is 2. The molecule has 0 saturated carbocycles. The average Bonchev–Trinajstić information content (AvgIpc) is 2.37. The van der Waals surface area contributed by atoms with Gasteiger partial charge >= 0.3 is 5.97 Å². The van der Waals surface area contributed by atoms with E-state index in [1.807, 2.05) is 6.07 Å². The minimum absolute atomic E-state index is 0.0489. The Kier molecular flexibility index (Phi) is 4.17. The number of carboxylic acid groups (broad SMARTS) is 1. The van der Waals surface area contributed by atoms with Gasteiger partial charge < -0.3 is 5.11 Å². The van der Waals surface area contributed by atoms with Crippen LogP contribution in [-0.4, -0.2) is 21.0 Å². The van der Waals surface area contributed by atoms with Crippen LogP contribution in [0.15, 0.2) is 41.6 Å². The van der Waals surface area contributed by atoms with E-state index in [1.54, 1.807) is 24.4 Å². The molecule has 0 spiro atoms. The van der Waals surface area contributed by atoms with Gasteiger partial charge in [-0.05, 0) is 29.8 Å². The summed E-state index contributed by atoms with van der Waals surface area (Å²) in [6, 6.07) is 6.99. The molecule has 0 radical (unpaired) electrons. The number of hydrogen-bond acceptors (Lipinski definition) is 4. The van der Waals surface area contributed by atoms with E-state index in [9.17, 15) is 4.79 Å². The van der Waals surface area contributed by atoms with E-state index in [1.165, 1.54) is 18.0 Å². The van der Waals surface area contributed by atoms with Crippen molar-refractivity contribution in [3.8, 4) is 0 Å². The molecule has 4 nitrogen and oxygen atoms in total. The van der Waals surface area contributed by atoms with Gasteiger partial charge in [0.1, 0.15) is 10.8 Å². The van der Waals surface area contributed by atoms with E-state index in [4.69, 9.17) is 16.7 Å². The van der Waals surface area contributed by atoms with Gasteiger partial charge in [-0.1, -0.05) is 11.6 Å². The van der Waals surface area contributed by atoms with Crippen LogP contribution in [0.25, 0.3) is 0 Å². The van der Waals surface area contributed by atoms with Crippen molar-refractivity contribution in [1.29, 1.82) is 0 Å². The van der Waals surface area contributed by atoms with E-state index in [0.29, 0.717) is 10.9 Å². The molecule has 0 aliphatic carbocycles. The third kappa shape index (κ3) is 3.45. The van der Waals surface area contributed by atoms with Crippen molar-refractivity contribution in [2.24, 2.45) is 0 Å². The molecule has 0 fully saturated rings. The Hall–Kier alpha value is -1.59. The normalized spacial score (nSPS) is 10.3. The minimum Gasteiger partial charge on any atom is -0.477 e. The van der Waals surface area contributed by atoms with Gasteiger partial charge in [0.15, 0.2) is 0 Å². The number of carbonyl (C=O) groups is 1. The summed E-state index contributed by atoms with van der Waals surface area (Å²) < 4.78 is 0. The lowest BCUT2D eigenvalue weighted by Crippen LogP contribution is -1.99. The van der Waals surface area contributed by atoms with Crippen molar-refractivity contribution in [3.05, 3.63) is 53.1 Å². The number of rotatable bonds is 4. The highest BCUT2D eigenvalue weighted by Crippen LogP contribution is 2.23. The molecular weight excluding hydrogens is 272 g/mol. The first-order valence-electron chi connectivity index (χ1n) is 5.08. The van der Waals surface area contributed by atoms with E-state index >= 15 is 0 Å². The lowest BCUT2D eigenvalue weighted by Gasteiger charge is -2.03. The molecule has 0 aliphatic rings. The van der Waals surface area contributed by atoms with Crippen molar-refractivity contribution in [2.75, 3.05) is 0 Å². The molecule has 0 atom stereocenters. The second-order valence-corrected chi connectivity index (χ2v) is 4.89. The van der Waals surface area contributed by atoms with Gasteiger partial charge in [0, 0.05) is 23.0 Å². The first-order valence-corrected chi connectivity index (χ1v) is 6.44. The number of aromatic nitrogens is 2. The fraction of sp³-hybridized carbons (Fsp3) is 0.0833. The van der Waals surface area contributed by atoms with Crippen LogP contribution in [0.2, 0.25) is 5.15 Å². The summed E-state index contributed by atoms with van der Waals surface area (Å²) in [7, 11) is 0. The Bertz CT molecular complexity index is 578. The van der Waals surface area contributed by atoms with Gasteiger partial charge in [0.2, 0.25) is 0 Å². The van der Waals surface area contributed by atoms with Crippen molar-refractivity contribution in [3.63, 3.8) is 0 Å². The zero-order chi connectivity index (χ0) is 13.0. The summed E-state index contributed by atoms with van der Waals surface area (Å²) in [5.41, 5.74) is 1.08. The molecule has 1 N–H and O–H groups in total. The summed E-state index contributed by atoms with van der Waals surface area (Å²) in [5, 5.41) is 9.29. The molecule has 0 unspecified atom stereocenters. The molecule has 2 heterocycles. The molecule has 0 amide bonds. The predicted molar refractivity (Wildman–Crippen MR) is 70.0 cm³/mol. The molecule has 0 aliphatic heterocycles. The third-order valence-corrected chi connectivity index (χ3v) is 3.42. The van der Waals surface area contributed by atoms with Crippen molar-refractivity contribution in [1.82, 2.24) is 9.97 Å². The van der Waals surface area contributed by atoms with Crippen LogP contribution in [0.3, 0.4) is 0 Å². The summed E-state index contributed by atoms with van der Waals surface area (Å²) in [6.45, 7) is 0. The topological polar surface area (TPSA) is 63.1 Å². The number of carboxylic acids is 1. The number of aromatic carboxylic acids is 1. The molecule has 2 rings (SSSR count). The Morgan fingerprint density at radius 1 is 1.28 bits per heavy atom. The van der Waals surface area contributed by atoms with E-state index in [0.717, 1.165) is 10.5 Å². The maximum atomic E-state index is 10.8.